The minimum atomic E-state index is -0.119. The van der Waals surface area contributed by atoms with Gasteiger partial charge in [-0.1, -0.05) is 118 Å². The molecule has 0 saturated heterocycles. The molecular formula is C44H39BN6Pt. The van der Waals surface area contributed by atoms with Crippen LogP contribution in [0.5, 0.6) is 0 Å². The van der Waals surface area contributed by atoms with Crippen LogP contribution in [-0.2, 0) is 21.1 Å². The first kappa shape index (κ1) is 35.3. The molecule has 258 valence electrons. The van der Waals surface area contributed by atoms with E-state index in [1.165, 1.54) is 22.2 Å². The van der Waals surface area contributed by atoms with Crippen molar-refractivity contribution < 1.29 is 21.1 Å². The van der Waals surface area contributed by atoms with Crippen molar-refractivity contribution >= 4 is 51.8 Å². The third-order valence-electron chi connectivity index (χ3n) is 9.64. The van der Waals surface area contributed by atoms with E-state index in [0.29, 0.717) is 0 Å². The van der Waals surface area contributed by atoms with Gasteiger partial charge in [-0.15, -0.1) is 25.5 Å². The van der Waals surface area contributed by atoms with E-state index in [4.69, 9.17) is 10.2 Å². The zero-order chi connectivity index (χ0) is 34.9. The second-order valence-electron chi connectivity index (χ2n) is 13.3. The predicted octanol–water partition coefficient (Wildman–Crippen LogP) is 6.99. The maximum atomic E-state index is 5.18. The molecule has 2 heterocycles. The Kier molecular flexibility index (Phi) is 10.3. The van der Waals surface area contributed by atoms with Crippen molar-refractivity contribution in [2.45, 2.75) is 40.2 Å². The molecule has 2 aliphatic heterocycles. The summed E-state index contributed by atoms with van der Waals surface area (Å²) in [4.78, 5) is 4.37. The summed E-state index contributed by atoms with van der Waals surface area (Å²) in [5, 5.41) is 14.0. The molecule has 0 unspecified atom stereocenters. The van der Waals surface area contributed by atoms with Crippen molar-refractivity contribution in [1.82, 2.24) is 4.90 Å². The summed E-state index contributed by atoms with van der Waals surface area (Å²) in [6.45, 7) is 12.6. The molecule has 0 aromatic heterocycles. The van der Waals surface area contributed by atoms with Gasteiger partial charge in [0.25, 0.3) is 0 Å². The van der Waals surface area contributed by atoms with Crippen molar-refractivity contribution in [3.63, 3.8) is 0 Å². The fourth-order valence-electron chi connectivity index (χ4n) is 7.34. The van der Waals surface area contributed by atoms with Crippen molar-refractivity contribution in [3.05, 3.63) is 181 Å². The molecule has 0 N–H and O–H groups in total. The van der Waals surface area contributed by atoms with Gasteiger partial charge in [-0.05, 0) is 46.2 Å². The van der Waals surface area contributed by atoms with E-state index in [9.17, 15) is 0 Å². The van der Waals surface area contributed by atoms with Gasteiger partial charge < -0.3 is 19.8 Å². The molecule has 5 aromatic rings. The van der Waals surface area contributed by atoms with E-state index in [1.807, 2.05) is 47.9 Å². The van der Waals surface area contributed by atoms with E-state index < -0.39 is 0 Å². The van der Waals surface area contributed by atoms with E-state index in [0.717, 1.165) is 51.6 Å². The summed E-state index contributed by atoms with van der Waals surface area (Å²) in [5.41, 5.74) is 11.0. The predicted molar refractivity (Wildman–Crippen MR) is 213 cm³/mol. The largest absolute Gasteiger partial charge is 4.00 e. The average Bonchev–Trinajstić information content (AvgIpc) is 3.79. The number of para-hydroxylation sites is 1. The molecule has 0 saturated carbocycles. The standard InChI is InChI=1S/C44H39BN6.Pt/c1-32-26-33(2)43(34(3)27-32)45(37-18-14-24-41(28-37)50-30-48(35(4)46-50)39-20-10-6-11-21-39)38-19-15-25-42(29-38)51-31-49(40-22-12-7-13-23-40)44(47-51)36-16-8-5-9-17-36;/h5-22,24-27,30-31,40H,23H2,1-4H3;/q-4;+4/t40-;/m1./s1. The van der Waals surface area contributed by atoms with Crippen LogP contribution in [0.25, 0.3) is 0 Å². The third kappa shape index (κ3) is 7.03. The van der Waals surface area contributed by atoms with Crippen LogP contribution in [0.15, 0.2) is 144 Å². The van der Waals surface area contributed by atoms with Gasteiger partial charge in [0.05, 0.1) is 5.84 Å². The van der Waals surface area contributed by atoms with Gasteiger partial charge in [0.2, 0.25) is 0 Å². The van der Waals surface area contributed by atoms with Gasteiger partial charge in [-0.2, -0.15) is 57.5 Å². The zero-order valence-corrected chi connectivity index (χ0v) is 32.0. The minimum Gasteiger partial charge on any atom is -0.478 e. The maximum absolute atomic E-state index is 5.18. The summed E-state index contributed by atoms with van der Waals surface area (Å²) in [6, 6.07) is 45.8. The van der Waals surface area contributed by atoms with Crippen LogP contribution >= 0.6 is 0 Å². The number of nitrogens with zero attached hydrogens (tertiary/aromatic N) is 6. The number of anilines is 3. The van der Waals surface area contributed by atoms with Crippen molar-refractivity contribution in [2.75, 3.05) is 14.9 Å². The monoisotopic (exact) mass is 857 g/mol. The molecule has 0 spiro atoms. The molecule has 0 fully saturated rings. The Morgan fingerprint density at radius 1 is 0.692 bits per heavy atom. The first-order chi connectivity index (χ1) is 24.9. The molecule has 0 radical (unpaired) electrons. The van der Waals surface area contributed by atoms with Crippen LogP contribution in [0, 0.1) is 46.2 Å². The normalized spacial score (nSPS) is 16.6. The Morgan fingerprint density at radius 3 is 1.92 bits per heavy atom. The SMILES string of the molecule is CC1=NN(c2[c-]c(B(c3[c-]c(N4[CH-]N([C@@H]5C=CC=CC5)C(c5ccccc5)=N4)ccc3)c3c(C)cc(C)cc3C)ccc2)[CH-]N1c1ccccc1.[Pt+4]. The fraction of sp³-hybridized carbons (Fsp3) is 0.136. The second kappa shape index (κ2) is 15.2. The number of aryl methyl sites for hydroxylation is 3. The number of hydrogen-bond acceptors (Lipinski definition) is 6. The van der Waals surface area contributed by atoms with Gasteiger partial charge in [-0.25, -0.2) is 0 Å². The van der Waals surface area contributed by atoms with E-state index in [-0.39, 0.29) is 33.8 Å². The van der Waals surface area contributed by atoms with Gasteiger partial charge in [0, 0.05) is 17.3 Å². The Bertz CT molecular complexity index is 2160. The number of hydrogen-bond donors (Lipinski definition) is 0. The quantitative estimate of drug-likeness (QED) is 0.125. The molecule has 3 aliphatic rings. The molecule has 8 heteroatoms. The van der Waals surface area contributed by atoms with Gasteiger partial charge >= 0.3 is 21.1 Å². The fourth-order valence-corrected chi connectivity index (χ4v) is 7.34. The molecular weight excluding hydrogens is 818 g/mol. The summed E-state index contributed by atoms with van der Waals surface area (Å²) in [7, 11) is 0. The van der Waals surface area contributed by atoms with Crippen LogP contribution in [0.3, 0.4) is 0 Å². The molecule has 6 nitrogen and oxygen atoms in total. The molecule has 5 aromatic carbocycles. The molecule has 0 amide bonds. The Hall–Kier alpha value is -5.13. The average molecular weight is 858 g/mol. The Balaban J connectivity index is 0.00000420. The smallest absolute Gasteiger partial charge is 0.478 e. The Morgan fingerprint density at radius 2 is 1.31 bits per heavy atom. The summed E-state index contributed by atoms with van der Waals surface area (Å²) in [6.07, 6.45) is 9.59. The molecule has 1 aliphatic carbocycles. The number of rotatable bonds is 8. The number of hydrazone groups is 2. The van der Waals surface area contributed by atoms with Crippen LogP contribution in [0.4, 0.5) is 17.1 Å². The number of allylic oxidation sites excluding steroid dienone is 2. The second-order valence-corrected chi connectivity index (χ2v) is 13.3. The minimum absolute atomic E-state index is 0. The van der Waals surface area contributed by atoms with E-state index >= 15 is 0 Å². The third-order valence-corrected chi connectivity index (χ3v) is 9.64. The Labute approximate surface area is 322 Å². The number of amidine groups is 2. The summed E-state index contributed by atoms with van der Waals surface area (Å²) in [5.74, 6) is 1.82. The van der Waals surface area contributed by atoms with E-state index in [1.54, 1.807) is 0 Å². The van der Waals surface area contributed by atoms with Crippen molar-refractivity contribution in [1.29, 1.82) is 0 Å². The van der Waals surface area contributed by atoms with Crippen LogP contribution < -0.4 is 31.3 Å². The topological polar surface area (TPSA) is 37.7 Å². The molecule has 0 bridgehead atoms. The van der Waals surface area contributed by atoms with E-state index in [2.05, 4.69) is 159 Å². The van der Waals surface area contributed by atoms with Crippen molar-refractivity contribution in [3.8, 4) is 0 Å². The summed E-state index contributed by atoms with van der Waals surface area (Å²) >= 11 is 0. The maximum Gasteiger partial charge on any atom is 4.00 e. The van der Waals surface area contributed by atoms with Crippen LogP contribution in [0.2, 0.25) is 0 Å². The molecule has 52 heavy (non-hydrogen) atoms. The van der Waals surface area contributed by atoms with Gasteiger partial charge in [0.15, 0.2) is 6.71 Å². The molecule has 1 atom stereocenters. The van der Waals surface area contributed by atoms with Gasteiger partial charge in [0.1, 0.15) is 5.84 Å². The summed E-state index contributed by atoms with van der Waals surface area (Å²) < 4.78 is 0. The van der Waals surface area contributed by atoms with Crippen LogP contribution in [0.1, 0.15) is 35.6 Å². The molecule has 8 rings (SSSR count). The van der Waals surface area contributed by atoms with Crippen molar-refractivity contribution in [2.24, 2.45) is 10.2 Å². The first-order valence-corrected chi connectivity index (χ1v) is 17.5. The zero-order valence-electron chi connectivity index (χ0n) is 29.7. The number of benzene rings is 5. The van der Waals surface area contributed by atoms with Crippen LogP contribution in [-0.4, -0.2) is 29.3 Å². The van der Waals surface area contributed by atoms with Gasteiger partial charge in [-0.3, -0.25) is 0 Å². The first-order valence-electron chi connectivity index (χ1n) is 17.5.